The highest BCUT2D eigenvalue weighted by molar-refractivity contribution is 9.10. The summed E-state index contributed by atoms with van der Waals surface area (Å²) in [5.41, 5.74) is 3.08. The fourth-order valence-corrected chi connectivity index (χ4v) is 1.61. The Bertz CT molecular complexity index is 502. The predicted molar refractivity (Wildman–Crippen MR) is 66.5 cm³/mol. The summed E-state index contributed by atoms with van der Waals surface area (Å²) in [6, 6.07) is 7.53. The number of nitriles is 2. The second kappa shape index (κ2) is 5.34. The number of hydrogen-bond acceptors (Lipinski definition) is 3. The molecule has 1 aromatic carbocycles. The highest BCUT2D eigenvalue weighted by atomic mass is 79.9. The molecular formula is C12H10BrN3. The van der Waals surface area contributed by atoms with Gasteiger partial charge in [-0.25, -0.2) is 0 Å². The SMILES string of the molecule is Cc1ccc(Br)c(C)c1NC=C(C#N)C#N. The van der Waals surface area contributed by atoms with Gasteiger partial charge in [0.15, 0.2) is 0 Å². The molecule has 1 rings (SSSR count). The molecule has 0 saturated heterocycles. The molecule has 0 aliphatic rings. The Balaban J connectivity index is 3.09. The van der Waals surface area contributed by atoms with Crippen molar-refractivity contribution < 1.29 is 0 Å². The van der Waals surface area contributed by atoms with Crippen molar-refractivity contribution in [3.8, 4) is 12.1 Å². The Morgan fingerprint density at radius 3 is 2.50 bits per heavy atom. The lowest BCUT2D eigenvalue weighted by molar-refractivity contribution is 1.33. The summed E-state index contributed by atoms with van der Waals surface area (Å²) >= 11 is 3.43. The van der Waals surface area contributed by atoms with E-state index in [1.165, 1.54) is 6.20 Å². The van der Waals surface area contributed by atoms with Crippen LogP contribution in [0.2, 0.25) is 0 Å². The standard InChI is InChI=1S/C12H10BrN3/c1-8-3-4-11(13)9(2)12(8)16-7-10(5-14)6-15/h3-4,7,16H,1-2H3. The Labute approximate surface area is 103 Å². The van der Waals surface area contributed by atoms with E-state index < -0.39 is 0 Å². The van der Waals surface area contributed by atoms with Crippen LogP contribution in [0.4, 0.5) is 5.69 Å². The molecule has 4 heteroatoms. The van der Waals surface area contributed by atoms with Crippen molar-refractivity contribution in [1.29, 1.82) is 10.5 Å². The van der Waals surface area contributed by atoms with E-state index in [9.17, 15) is 0 Å². The first-order chi connectivity index (χ1) is 7.60. The lowest BCUT2D eigenvalue weighted by Gasteiger charge is -2.10. The number of rotatable bonds is 2. The van der Waals surface area contributed by atoms with E-state index in [1.54, 1.807) is 12.1 Å². The van der Waals surface area contributed by atoms with Gasteiger partial charge >= 0.3 is 0 Å². The largest absolute Gasteiger partial charge is 0.359 e. The first-order valence-electron chi connectivity index (χ1n) is 4.62. The third-order valence-electron chi connectivity index (χ3n) is 2.21. The van der Waals surface area contributed by atoms with Gasteiger partial charge < -0.3 is 5.32 Å². The molecular weight excluding hydrogens is 266 g/mol. The Kier molecular flexibility index (Phi) is 4.10. The number of nitrogens with zero attached hydrogens (tertiary/aromatic N) is 2. The number of nitrogens with one attached hydrogen (secondary N) is 1. The molecule has 3 nitrogen and oxygen atoms in total. The third kappa shape index (κ3) is 2.62. The minimum absolute atomic E-state index is 0.0544. The zero-order valence-corrected chi connectivity index (χ0v) is 10.6. The first kappa shape index (κ1) is 12.3. The van der Waals surface area contributed by atoms with Crippen LogP contribution in [0.3, 0.4) is 0 Å². The molecule has 0 fully saturated rings. The maximum absolute atomic E-state index is 8.61. The summed E-state index contributed by atoms with van der Waals surface area (Å²) in [7, 11) is 0. The van der Waals surface area contributed by atoms with Crippen LogP contribution in [0.25, 0.3) is 0 Å². The van der Waals surface area contributed by atoms with Gasteiger partial charge in [0.2, 0.25) is 0 Å². The van der Waals surface area contributed by atoms with Crippen molar-refractivity contribution >= 4 is 21.6 Å². The Morgan fingerprint density at radius 2 is 1.94 bits per heavy atom. The minimum atomic E-state index is 0.0544. The molecule has 0 saturated carbocycles. The third-order valence-corrected chi connectivity index (χ3v) is 3.07. The fourth-order valence-electron chi connectivity index (χ4n) is 1.28. The quantitative estimate of drug-likeness (QED) is 0.842. The van der Waals surface area contributed by atoms with Crippen LogP contribution in [0.1, 0.15) is 11.1 Å². The molecule has 80 valence electrons. The second-order valence-corrected chi connectivity index (χ2v) is 4.14. The van der Waals surface area contributed by atoms with E-state index in [1.807, 2.05) is 26.0 Å². The van der Waals surface area contributed by atoms with Gasteiger partial charge in [-0.2, -0.15) is 10.5 Å². The van der Waals surface area contributed by atoms with Crippen molar-refractivity contribution in [2.24, 2.45) is 0 Å². The average Bonchev–Trinajstić information content (AvgIpc) is 2.29. The highest BCUT2D eigenvalue weighted by Crippen LogP contribution is 2.27. The Hall–Kier alpha value is -1.78. The van der Waals surface area contributed by atoms with E-state index in [0.29, 0.717) is 0 Å². The molecule has 1 N–H and O–H groups in total. The fraction of sp³-hybridized carbons (Fsp3) is 0.167. The lowest BCUT2D eigenvalue weighted by Crippen LogP contribution is -1.96. The van der Waals surface area contributed by atoms with Crippen LogP contribution in [0.5, 0.6) is 0 Å². The summed E-state index contributed by atoms with van der Waals surface area (Å²) in [6.45, 7) is 3.93. The molecule has 0 spiro atoms. The van der Waals surface area contributed by atoms with E-state index in [2.05, 4.69) is 21.2 Å². The monoisotopic (exact) mass is 275 g/mol. The van der Waals surface area contributed by atoms with Gasteiger partial charge in [0.25, 0.3) is 0 Å². The molecule has 0 aromatic heterocycles. The van der Waals surface area contributed by atoms with Crippen LogP contribution in [-0.4, -0.2) is 0 Å². The smallest absolute Gasteiger partial charge is 0.145 e. The van der Waals surface area contributed by atoms with Crippen molar-refractivity contribution in [2.75, 3.05) is 5.32 Å². The summed E-state index contributed by atoms with van der Waals surface area (Å²) < 4.78 is 0.990. The number of aryl methyl sites for hydroxylation is 1. The van der Waals surface area contributed by atoms with E-state index in [0.717, 1.165) is 21.3 Å². The summed E-state index contributed by atoms with van der Waals surface area (Å²) in [6.07, 6.45) is 1.42. The number of halogens is 1. The zero-order valence-electron chi connectivity index (χ0n) is 9.00. The highest BCUT2D eigenvalue weighted by Gasteiger charge is 2.04. The second-order valence-electron chi connectivity index (χ2n) is 3.29. The van der Waals surface area contributed by atoms with Crippen LogP contribution in [0, 0.1) is 36.5 Å². The van der Waals surface area contributed by atoms with E-state index >= 15 is 0 Å². The number of hydrogen-bond donors (Lipinski definition) is 1. The van der Waals surface area contributed by atoms with Crippen LogP contribution in [0.15, 0.2) is 28.4 Å². The molecule has 1 aromatic rings. The van der Waals surface area contributed by atoms with Crippen LogP contribution >= 0.6 is 15.9 Å². The first-order valence-corrected chi connectivity index (χ1v) is 5.42. The van der Waals surface area contributed by atoms with Gasteiger partial charge in [-0.15, -0.1) is 0 Å². The van der Waals surface area contributed by atoms with E-state index in [4.69, 9.17) is 10.5 Å². The van der Waals surface area contributed by atoms with Crippen molar-refractivity contribution in [1.82, 2.24) is 0 Å². The number of benzene rings is 1. The topological polar surface area (TPSA) is 59.6 Å². The zero-order chi connectivity index (χ0) is 12.1. The molecule has 0 aliphatic carbocycles. The average molecular weight is 276 g/mol. The van der Waals surface area contributed by atoms with Crippen LogP contribution in [-0.2, 0) is 0 Å². The molecule has 0 atom stereocenters. The molecule has 0 amide bonds. The lowest BCUT2D eigenvalue weighted by atomic mass is 10.1. The van der Waals surface area contributed by atoms with Crippen LogP contribution < -0.4 is 5.32 Å². The minimum Gasteiger partial charge on any atom is -0.359 e. The van der Waals surface area contributed by atoms with Gasteiger partial charge in [0.05, 0.1) is 0 Å². The van der Waals surface area contributed by atoms with Gasteiger partial charge in [0, 0.05) is 16.4 Å². The molecule has 0 bridgehead atoms. The Morgan fingerprint density at radius 1 is 1.31 bits per heavy atom. The molecule has 0 heterocycles. The molecule has 0 unspecified atom stereocenters. The maximum Gasteiger partial charge on any atom is 0.145 e. The van der Waals surface area contributed by atoms with Crippen molar-refractivity contribution in [2.45, 2.75) is 13.8 Å². The number of allylic oxidation sites excluding steroid dienone is 1. The molecule has 0 radical (unpaired) electrons. The van der Waals surface area contributed by atoms with Gasteiger partial charge in [-0.1, -0.05) is 22.0 Å². The van der Waals surface area contributed by atoms with Gasteiger partial charge in [-0.05, 0) is 31.0 Å². The summed E-state index contributed by atoms with van der Waals surface area (Å²) in [5, 5.41) is 20.2. The van der Waals surface area contributed by atoms with Gasteiger partial charge in [0.1, 0.15) is 17.7 Å². The van der Waals surface area contributed by atoms with E-state index in [-0.39, 0.29) is 5.57 Å². The maximum atomic E-state index is 8.61. The summed E-state index contributed by atoms with van der Waals surface area (Å²) in [5.74, 6) is 0. The normalized spacial score (nSPS) is 8.81. The number of anilines is 1. The molecule has 16 heavy (non-hydrogen) atoms. The molecule has 0 aliphatic heterocycles. The summed E-state index contributed by atoms with van der Waals surface area (Å²) in [4.78, 5) is 0. The van der Waals surface area contributed by atoms with Gasteiger partial charge in [-0.3, -0.25) is 0 Å². The predicted octanol–water partition coefficient (Wildman–Crippen LogP) is 3.41. The van der Waals surface area contributed by atoms with Crippen molar-refractivity contribution in [3.63, 3.8) is 0 Å². The van der Waals surface area contributed by atoms with Crippen molar-refractivity contribution in [3.05, 3.63) is 39.5 Å².